The lowest BCUT2D eigenvalue weighted by molar-refractivity contribution is 0.297. The van der Waals surface area contributed by atoms with Crippen LogP contribution in [0.25, 0.3) is 11.4 Å². The average Bonchev–Trinajstić information content (AvgIpc) is 2.71. The number of hydrogen-bond donors (Lipinski definition) is 1. The van der Waals surface area contributed by atoms with Gasteiger partial charge in [-0.25, -0.2) is 4.98 Å². The Labute approximate surface area is 123 Å². The van der Waals surface area contributed by atoms with Crippen molar-refractivity contribution in [3.8, 4) is 22.9 Å². The van der Waals surface area contributed by atoms with Crippen LogP contribution in [0.2, 0.25) is 0 Å². The van der Waals surface area contributed by atoms with E-state index in [1.165, 1.54) is 0 Å². The number of hydrogen-bond acceptors (Lipinski definition) is 4. The van der Waals surface area contributed by atoms with E-state index in [9.17, 15) is 4.79 Å². The Bertz CT molecular complexity index is 694. The van der Waals surface area contributed by atoms with Crippen LogP contribution in [0.3, 0.4) is 0 Å². The van der Waals surface area contributed by atoms with Crippen LogP contribution in [0.4, 0.5) is 0 Å². The quantitative estimate of drug-likeness (QED) is 0.941. The molecule has 0 amide bonds. The molecule has 1 aliphatic heterocycles. The molecule has 0 unspecified atom stereocenters. The zero-order valence-electron chi connectivity index (χ0n) is 12.0. The lowest BCUT2D eigenvalue weighted by Gasteiger charge is -2.09. The first-order valence-electron chi connectivity index (χ1n) is 7.26. The fourth-order valence-electron chi connectivity index (χ4n) is 2.34. The van der Waals surface area contributed by atoms with E-state index in [-0.39, 0.29) is 5.56 Å². The third-order valence-electron chi connectivity index (χ3n) is 3.32. The van der Waals surface area contributed by atoms with Crippen molar-refractivity contribution in [3.05, 3.63) is 40.3 Å². The van der Waals surface area contributed by atoms with Gasteiger partial charge in [-0.2, -0.15) is 0 Å². The number of benzene rings is 1. The summed E-state index contributed by atoms with van der Waals surface area (Å²) in [6.45, 7) is 3.36. The second-order valence-corrected chi connectivity index (χ2v) is 5.05. The zero-order chi connectivity index (χ0) is 14.7. The Morgan fingerprint density at radius 2 is 2.00 bits per heavy atom. The van der Waals surface area contributed by atoms with Crippen LogP contribution >= 0.6 is 0 Å². The number of nitrogens with zero attached hydrogens (tertiary/aromatic N) is 1. The van der Waals surface area contributed by atoms with Crippen molar-refractivity contribution < 1.29 is 9.47 Å². The Kier molecular flexibility index (Phi) is 3.90. The van der Waals surface area contributed by atoms with Gasteiger partial charge in [0.1, 0.15) is 5.82 Å². The summed E-state index contributed by atoms with van der Waals surface area (Å²) in [5, 5.41) is 0. The van der Waals surface area contributed by atoms with Crippen LogP contribution in [-0.4, -0.2) is 23.2 Å². The molecule has 0 saturated carbocycles. The van der Waals surface area contributed by atoms with Crippen LogP contribution in [0.5, 0.6) is 11.5 Å². The minimum atomic E-state index is -0.129. The van der Waals surface area contributed by atoms with Crippen molar-refractivity contribution >= 4 is 0 Å². The lowest BCUT2D eigenvalue weighted by atomic mass is 10.1. The van der Waals surface area contributed by atoms with Crippen LogP contribution in [0.1, 0.15) is 25.5 Å². The molecule has 0 bridgehead atoms. The highest BCUT2D eigenvalue weighted by molar-refractivity contribution is 5.61. The summed E-state index contributed by atoms with van der Waals surface area (Å²) in [7, 11) is 0. The molecule has 2 heterocycles. The van der Waals surface area contributed by atoms with Crippen molar-refractivity contribution in [1.82, 2.24) is 9.97 Å². The van der Waals surface area contributed by atoms with Crippen molar-refractivity contribution in [3.63, 3.8) is 0 Å². The predicted octanol–water partition coefficient (Wildman–Crippen LogP) is 2.55. The molecule has 1 aromatic heterocycles. The average molecular weight is 286 g/mol. The van der Waals surface area contributed by atoms with Crippen molar-refractivity contribution in [2.75, 3.05) is 13.2 Å². The molecule has 21 heavy (non-hydrogen) atoms. The second kappa shape index (κ2) is 5.99. The van der Waals surface area contributed by atoms with Crippen LogP contribution in [-0.2, 0) is 6.42 Å². The fourth-order valence-corrected chi connectivity index (χ4v) is 2.34. The van der Waals surface area contributed by atoms with Crippen LogP contribution in [0, 0.1) is 0 Å². The van der Waals surface area contributed by atoms with Gasteiger partial charge in [0.05, 0.1) is 13.2 Å². The van der Waals surface area contributed by atoms with E-state index in [2.05, 4.69) is 16.9 Å². The number of nitrogens with one attached hydrogen (secondary N) is 1. The molecule has 1 N–H and O–H groups in total. The third kappa shape index (κ3) is 3.07. The highest BCUT2D eigenvalue weighted by Crippen LogP contribution is 2.33. The zero-order valence-corrected chi connectivity index (χ0v) is 12.0. The van der Waals surface area contributed by atoms with E-state index < -0.39 is 0 Å². The predicted molar refractivity (Wildman–Crippen MR) is 79.9 cm³/mol. The number of aromatic nitrogens is 2. The largest absolute Gasteiger partial charge is 0.490 e. The van der Waals surface area contributed by atoms with Gasteiger partial charge in [0.15, 0.2) is 11.5 Å². The molecule has 1 aromatic carbocycles. The summed E-state index contributed by atoms with van der Waals surface area (Å²) in [6.07, 6.45) is 2.61. The SMILES string of the molecule is CCCc1cc(=O)[nH]c(-c2ccc3c(c2)OCCCO3)n1. The summed E-state index contributed by atoms with van der Waals surface area (Å²) in [4.78, 5) is 19.0. The third-order valence-corrected chi connectivity index (χ3v) is 3.32. The minimum Gasteiger partial charge on any atom is -0.490 e. The van der Waals surface area contributed by atoms with Gasteiger partial charge in [-0.15, -0.1) is 0 Å². The Balaban J connectivity index is 2.00. The molecule has 5 nitrogen and oxygen atoms in total. The van der Waals surface area contributed by atoms with Gasteiger partial charge < -0.3 is 14.5 Å². The molecule has 0 saturated heterocycles. The molecule has 0 atom stereocenters. The monoisotopic (exact) mass is 286 g/mol. The molecular weight excluding hydrogens is 268 g/mol. The standard InChI is InChI=1S/C16H18N2O3/c1-2-4-12-10-15(19)18-16(17-12)11-5-6-13-14(9-11)21-8-3-7-20-13/h5-6,9-10H,2-4,7-8H2,1H3,(H,17,18,19). The van der Waals surface area contributed by atoms with Crippen LogP contribution in [0.15, 0.2) is 29.1 Å². The molecule has 0 aliphatic carbocycles. The highest BCUT2D eigenvalue weighted by atomic mass is 16.5. The van der Waals surface area contributed by atoms with Gasteiger partial charge in [0, 0.05) is 23.7 Å². The molecule has 0 fully saturated rings. The van der Waals surface area contributed by atoms with E-state index in [4.69, 9.17) is 9.47 Å². The van der Waals surface area contributed by atoms with Gasteiger partial charge in [0.2, 0.25) is 0 Å². The molecule has 110 valence electrons. The van der Waals surface area contributed by atoms with E-state index in [0.29, 0.717) is 24.8 Å². The van der Waals surface area contributed by atoms with Gasteiger partial charge in [0.25, 0.3) is 5.56 Å². The topological polar surface area (TPSA) is 64.2 Å². The number of ether oxygens (including phenoxy) is 2. The molecule has 2 aromatic rings. The van der Waals surface area contributed by atoms with Crippen LogP contribution < -0.4 is 15.0 Å². The highest BCUT2D eigenvalue weighted by Gasteiger charge is 2.12. The molecule has 1 aliphatic rings. The van der Waals surface area contributed by atoms with Crippen molar-refractivity contribution in [2.24, 2.45) is 0 Å². The van der Waals surface area contributed by atoms with Gasteiger partial charge >= 0.3 is 0 Å². The van der Waals surface area contributed by atoms with Gasteiger partial charge in [-0.1, -0.05) is 13.3 Å². The summed E-state index contributed by atoms with van der Waals surface area (Å²) in [5.41, 5.74) is 1.51. The summed E-state index contributed by atoms with van der Waals surface area (Å²) in [6, 6.07) is 7.18. The first kappa shape index (κ1) is 13.7. The number of fused-ring (bicyclic) bond motifs is 1. The maximum atomic E-state index is 11.8. The summed E-state index contributed by atoms with van der Waals surface area (Å²) in [5.74, 6) is 2.01. The Morgan fingerprint density at radius 1 is 1.19 bits per heavy atom. The molecule has 5 heteroatoms. The van der Waals surface area contributed by atoms with Crippen molar-refractivity contribution in [2.45, 2.75) is 26.2 Å². The number of H-pyrrole nitrogens is 1. The number of rotatable bonds is 3. The first-order chi connectivity index (χ1) is 10.3. The van der Waals surface area contributed by atoms with E-state index >= 15 is 0 Å². The smallest absolute Gasteiger partial charge is 0.251 e. The normalized spacial score (nSPS) is 13.8. The first-order valence-corrected chi connectivity index (χ1v) is 7.26. The van der Waals surface area contributed by atoms with Gasteiger partial charge in [-0.3, -0.25) is 4.79 Å². The Hall–Kier alpha value is -2.30. The molecule has 0 spiro atoms. The minimum absolute atomic E-state index is 0.129. The number of aryl methyl sites for hydroxylation is 1. The maximum Gasteiger partial charge on any atom is 0.251 e. The Morgan fingerprint density at radius 3 is 2.81 bits per heavy atom. The molecular formula is C16H18N2O3. The summed E-state index contributed by atoms with van der Waals surface area (Å²) >= 11 is 0. The molecule has 3 rings (SSSR count). The summed E-state index contributed by atoms with van der Waals surface area (Å²) < 4.78 is 11.3. The second-order valence-electron chi connectivity index (χ2n) is 5.05. The fraction of sp³-hybridized carbons (Fsp3) is 0.375. The van der Waals surface area contributed by atoms with E-state index in [1.807, 2.05) is 18.2 Å². The van der Waals surface area contributed by atoms with Gasteiger partial charge in [-0.05, 0) is 24.6 Å². The molecule has 0 radical (unpaired) electrons. The lowest BCUT2D eigenvalue weighted by Crippen LogP contribution is -2.10. The van der Waals surface area contributed by atoms with Crippen molar-refractivity contribution in [1.29, 1.82) is 0 Å². The maximum absolute atomic E-state index is 11.8. The van der Waals surface area contributed by atoms with E-state index in [0.717, 1.165) is 36.3 Å². The van der Waals surface area contributed by atoms with E-state index in [1.54, 1.807) is 6.07 Å². The number of aromatic amines is 1.